The van der Waals surface area contributed by atoms with Gasteiger partial charge in [0.05, 0.1) is 38.6 Å². The van der Waals surface area contributed by atoms with Crippen molar-refractivity contribution in [1.29, 1.82) is 0 Å². The zero-order valence-corrected chi connectivity index (χ0v) is 27.6. The number of rotatable bonds is 31. The molecule has 0 saturated heterocycles. The van der Waals surface area contributed by atoms with E-state index in [-0.39, 0.29) is 38.5 Å². The molecule has 8 heteroatoms. The molecule has 1 heterocycles. The zero-order chi connectivity index (χ0) is 31.5. The predicted molar refractivity (Wildman–Crippen MR) is 172 cm³/mol. The Morgan fingerprint density at radius 2 is 1.07 bits per heavy atom. The van der Waals surface area contributed by atoms with Gasteiger partial charge in [-0.2, -0.15) is 0 Å². The number of cyclic esters (lactones) is 1. The molecule has 0 aromatic carbocycles. The van der Waals surface area contributed by atoms with E-state index >= 15 is 0 Å². The van der Waals surface area contributed by atoms with Crippen molar-refractivity contribution >= 4 is 5.97 Å². The Bertz CT molecular complexity index is 685. The number of aliphatic hydroxyl groups excluding tert-OH is 4. The average Bonchev–Trinajstić information content (AvgIpc) is 3.32. The van der Waals surface area contributed by atoms with Crippen LogP contribution in [0.25, 0.3) is 0 Å². The standard InChI is InChI=1S/C35H66O8/c1-3-4-5-6-7-13-16-19-22-31(38)27-41-33(25-36)34(26-37)42-28-32(39)23-20-17-14-11-9-8-10-12-15-18-21-30-24-29(2)43-35(30)40/h24,29,31-34,36-39H,3-23,25-28H2,1-2H3/t29-,31-,32-,33-,34-/m0/s1. The highest BCUT2D eigenvalue weighted by Crippen LogP contribution is 2.20. The third kappa shape index (κ3) is 21.4. The molecule has 0 aromatic rings. The molecule has 0 bridgehead atoms. The van der Waals surface area contributed by atoms with Crippen LogP contribution in [0.1, 0.15) is 149 Å². The maximum Gasteiger partial charge on any atom is 0.334 e. The van der Waals surface area contributed by atoms with Gasteiger partial charge in [-0.15, -0.1) is 0 Å². The molecule has 1 rings (SSSR count). The second-order valence-corrected chi connectivity index (χ2v) is 12.6. The van der Waals surface area contributed by atoms with E-state index in [1.54, 1.807) is 0 Å². The SMILES string of the molecule is CCCCCCCCCC[C@H](O)CO[C@@H](CO)[C@H](CO)OC[C@@H](O)CCCCCCCCCCCCC1=C[C@H](C)OC1=O. The van der Waals surface area contributed by atoms with Gasteiger partial charge in [-0.3, -0.25) is 0 Å². The fraction of sp³-hybridized carbons (Fsp3) is 0.914. The highest BCUT2D eigenvalue weighted by atomic mass is 16.6. The van der Waals surface area contributed by atoms with Crippen LogP contribution in [0.2, 0.25) is 0 Å². The smallest absolute Gasteiger partial charge is 0.334 e. The molecule has 5 atom stereocenters. The van der Waals surface area contributed by atoms with Crippen molar-refractivity contribution in [2.45, 2.75) is 179 Å². The Kier molecular flexibility index (Phi) is 25.4. The molecule has 0 radical (unpaired) electrons. The topological polar surface area (TPSA) is 126 Å². The Balaban J connectivity index is 1.99. The first-order chi connectivity index (χ1) is 20.9. The molecule has 0 spiro atoms. The molecule has 0 saturated carbocycles. The second-order valence-electron chi connectivity index (χ2n) is 12.6. The van der Waals surface area contributed by atoms with Crippen LogP contribution in [0.4, 0.5) is 0 Å². The van der Waals surface area contributed by atoms with Crippen molar-refractivity contribution in [3.05, 3.63) is 11.6 Å². The van der Waals surface area contributed by atoms with E-state index in [1.165, 1.54) is 70.6 Å². The fourth-order valence-corrected chi connectivity index (χ4v) is 5.63. The largest absolute Gasteiger partial charge is 0.455 e. The molecule has 43 heavy (non-hydrogen) atoms. The lowest BCUT2D eigenvalue weighted by Gasteiger charge is -2.26. The number of aliphatic hydroxyl groups is 4. The third-order valence-electron chi connectivity index (χ3n) is 8.40. The monoisotopic (exact) mass is 614 g/mol. The van der Waals surface area contributed by atoms with Gasteiger partial charge in [-0.05, 0) is 38.7 Å². The summed E-state index contributed by atoms with van der Waals surface area (Å²) in [5.74, 6) is -0.140. The minimum Gasteiger partial charge on any atom is -0.455 e. The van der Waals surface area contributed by atoms with Gasteiger partial charge < -0.3 is 34.6 Å². The van der Waals surface area contributed by atoms with E-state index in [4.69, 9.17) is 14.2 Å². The van der Waals surface area contributed by atoms with Gasteiger partial charge in [-0.25, -0.2) is 4.79 Å². The van der Waals surface area contributed by atoms with E-state index in [9.17, 15) is 25.2 Å². The molecule has 0 unspecified atom stereocenters. The molecule has 1 aliphatic rings. The first-order valence-corrected chi connectivity index (χ1v) is 17.6. The summed E-state index contributed by atoms with van der Waals surface area (Å²) in [5.41, 5.74) is 0.844. The second kappa shape index (κ2) is 27.3. The lowest BCUT2D eigenvalue weighted by Crippen LogP contribution is -2.40. The van der Waals surface area contributed by atoms with Gasteiger partial charge in [-0.1, -0.05) is 116 Å². The first-order valence-electron chi connectivity index (χ1n) is 17.6. The third-order valence-corrected chi connectivity index (χ3v) is 8.40. The number of hydrogen-bond acceptors (Lipinski definition) is 8. The molecule has 1 aliphatic heterocycles. The zero-order valence-electron chi connectivity index (χ0n) is 27.6. The van der Waals surface area contributed by atoms with Crippen LogP contribution in [0.3, 0.4) is 0 Å². The van der Waals surface area contributed by atoms with Gasteiger partial charge >= 0.3 is 5.97 Å². The first kappa shape index (κ1) is 40.0. The number of carbonyl (C=O) groups excluding carboxylic acids is 1. The Morgan fingerprint density at radius 3 is 1.44 bits per heavy atom. The number of hydrogen-bond donors (Lipinski definition) is 4. The summed E-state index contributed by atoms with van der Waals surface area (Å²) < 4.78 is 16.5. The van der Waals surface area contributed by atoms with Gasteiger partial charge in [0.15, 0.2) is 0 Å². The maximum absolute atomic E-state index is 11.6. The van der Waals surface area contributed by atoms with Crippen molar-refractivity contribution in [1.82, 2.24) is 0 Å². The molecule has 0 fully saturated rings. The molecule has 0 aliphatic carbocycles. The number of ether oxygens (including phenoxy) is 3. The van der Waals surface area contributed by atoms with E-state index < -0.39 is 24.4 Å². The number of esters is 1. The van der Waals surface area contributed by atoms with Crippen molar-refractivity contribution in [2.75, 3.05) is 26.4 Å². The summed E-state index contributed by atoms with van der Waals surface area (Å²) in [5, 5.41) is 40.1. The lowest BCUT2D eigenvalue weighted by molar-refractivity contribution is -0.139. The molecule has 4 N–H and O–H groups in total. The van der Waals surface area contributed by atoms with Crippen molar-refractivity contribution in [3.63, 3.8) is 0 Å². The van der Waals surface area contributed by atoms with Crippen molar-refractivity contribution in [3.8, 4) is 0 Å². The van der Waals surface area contributed by atoms with Crippen molar-refractivity contribution < 1.29 is 39.4 Å². The van der Waals surface area contributed by atoms with Crippen LogP contribution >= 0.6 is 0 Å². The highest BCUT2D eigenvalue weighted by molar-refractivity contribution is 5.90. The van der Waals surface area contributed by atoms with Crippen molar-refractivity contribution in [2.24, 2.45) is 0 Å². The molecule has 254 valence electrons. The highest BCUT2D eigenvalue weighted by Gasteiger charge is 2.24. The summed E-state index contributed by atoms with van der Waals surface area (Å²) in [6.07, 6.45) is 22.5. The summed E-state index contributed by atoms with van der Waals surface area (Å²) in [7, 11) is 0. The van der Waals surface area contributed by atoms with Crippen LogP contribution in [0, 0.1) is 0 Å². The van der Waals surface area contributed by atoms with Gasteiger partial charge in [0.2, 0.25) is 0 Å². The quantitative estimate of drug-likeness (QED) is 0.0512. The van der Waals surface area contributed by atoms with Crippen LogP contribution in [0.5, 0.6) is 0 Å². The van der Waals surface area contributed by atoms with E-state index in [1.807, 2.05) is 13.0 Å². The predicted octanol–water partition coefficient (Wildman–Crippen LogP) is 6.55. The van der Waals surface area contributed by atoms with Gasteiger partial charge in [0.1, 0.15) is 18.3 Å². The normalized spacial score (nSPS) is 18.0. The van der Waals surface area contributed by atoms with Crippen LogP contribution in [-0.2, 0) is 19.0 Å². The van der Waals surface area contributed by atoms with Crippen LogP contribution < -0.4 is 0 Å². The molecule has 0 aromatic heterocycles. The molecular weight excluding hydrogens is 548 g/mol. The van der Waals surface area contributed by atoms with Crippen LogP contribution in [0.15, 0.2) is 11.6 Å². The minimum absolute atomic E-state index is 0.0668. The summed E-state index contributed by atoms with van der Waals surface area (Å²) in [6.45, 7) is 3.66. The van der Waals surface area contributed by atoms with E-state index in [0.29, 0.717) is 12.8 Å². The van der Waals surface area contributed by atoms with E-state index in [2.05, 4.69) is 6.92 Å². The summed E-state index contributed by atoms with van der Waals surface area (Å²) >= 11 is 0. The average molecular weight is 615 g/mol. The molecule has 0 amide bonds. The minimum atomic E-state index is -0.741. The van der Waals surface area contributed by atoms with Crippen LogP contribution in [-0.4, -0.2) is 83.3 Å². The Morgan fingerprint density at radius 1 is 0.674 bits per heavy atom. The number of carbonyl (C=O) groups is 1. The van der Waals surface area contributed by atoms with Gasteiger partial charge in [0, 0.05) is 5.57 Å². The fourth-order valence-electron chi connectivity index (χ4n) is 5.63. The molecular formula is C35H66O8. The molecule has 8 nitrogen and oxygen atoms in total. The number of unbranched alkanes of at least 4 members (excludes halogenated alkanes) is 16. The lowest BCUT2D eigenvalue weighted by atomic mass is 10.0. The summed E-state index contributed by atoms with van der Waals surface area (Å²) in [6, 6.07) is 0. The maximum atomic E-state index is 11.6. The summed E-state index contributed by atoms with van der Waals surface area (Å²) in [4.78, 5) is 11.6. The van der Waals surface area contributed by atoms with Gasteiger partial charge in [0.25, 0.3) is 0 Å². The Hall–Kier alpha value is -1.03. The van der Waals surface area contributed by atoms with E-state index in [0.717, 1.165) is 56.9 Å². The Labute approximate surface area is 262 Å².